The average Bonchev–Trinajstić information content (AvgIpc) is 2.84. The van der Waals surface area contributed by atoms with Crippen molar-refractivity contribution in [3.63, 3.8) is 0 Å². The van der Waals surface area contributed by atoms with Crippen LogP contribution in [0.4, 0.5) is 0 Å². The molecule has 0 aliphatic carbocycles. The topological polar surface area (TPSA) is 94.6 Å². The molecule has 0 saturated carbocycles. The van der Waals surface area contributed by atoms with E-state index in [1.807, 2.05) is 37.4 Å². The van der Waals surface area contributed by atoms with Gasteiger partial charge in [0.15, 0.2) is 0 Å². The number of ether oxygens (including phenoxy) is 3. The summed E-state index contributed by atoms with van der Waals surface area (Å²) in [6.45, 7) is 2.44. The lowest BCUT2D eigenvalue weighted by Crippen LogP contribution is -2.21. The van der Waals surface area contributed by atoms with Gasteiger partial charge in [0.1, 0.15) is 28.9 Å². The summed E-state index contributed by atoms with van der Waals surface area (Å²) in [6.07, 6.45) is 2.01. The molecule has 1 aliphatic heterocycles. The molecule has 6 nitrogen and oxygen atoms in total. The summed E-state index contributed by atoms with van der Waals surface area (Å²) in [6, 6.07) is 22.0. The molecule has 1 heterocycles. The van der Waals surface area contributed by atoms with E-state index in [1.165, 1.54) is 0 Å². The first-order valence-electron chi connectivity index (χ1n) is 10.3. The highest BCUT2D eigenvalue weighted by Crippen LogP contribution is 2.43. The summed E-state index contributed by atoms with van der Waals surface area (Å²) in [7, 11) is 0. The van der Waals surface area contributed by atoms with Gasteiger partial charge in [0.05, 0.1) is 18.1 Å². The smallest absolute Gasteiger partial charge is 0.343 e. The maximum Gasteiger partial charge on any atom is 0.343 e. The molecule has 0 saturated heterocycles. The first-order chi connectivity index (χ1) is 16.0. The van der Waals surface area contributed by atoms with E-state index >= 15 is 0 Å². The lowest BCUT2D eigenvalue weighted by molar-refractivity contribution is 0.0734. The Bertz CT molecular complexity index is 1240. The molecule has 0 fully saturated rings. The molecule has 0 spiro atoms. The zero-order valence-corrected chi connectivity index (χ0v) is 19.0. The number of carbonyl (C=O) groups excluding carboxylic acids is 1. The average molecular weight is 459 g/mol. The van der Waals surface area contributed by atoms with Crippen molar-refractivity contribution >= 4 is 17.7 Å². The number of hydrogen-bond acceptors (Lipinski definition) is 7. The van der Waals surface area contributed by atoms with Crippen LogP contribution in [-0.2, 0) is 0 Å². The number of thioether (sulfide) groups is 1. The summed E-state index contributed by atoms with van der Waals surface area (Å²) in [4.78, 5) is 13.7. The summed E-state index contributed by atoms with van der Waals surface area (Å²) in [5, 5.41) is 9.72. The van der Waals surface area contributed by atoms with E-state index in [-0.39, 0.29) is 11.8 Å². The van der Waals surface area contributed by atoms with E-state index in [4.69, 9.17) is 19.9 Å². The van der Waals surface area contributed by atoms with E-state index < -0.39 is 5.97 Å². The van der Waals surface area contributed by atoms with E-state index in [1.54, 1.807) is 54.2 Å². The Balaban J connectivity index is 1.62. The van der Waals surface area contributed by atoms with Crippen LogP contribution in [0, 0.1) is 11.3 Å². The first-order valence-corrected chi connectivity index (χ1v) is 11.6. The summed E-state index contributed by atoms with van der Waals surface area (Å²) in [5.41, 5.74) is 8.53. The third kappa shape index (κ3) is 4.66. The number of rotatable bonds is 6. The monoisotopic (exact) mass is 458 g/mol. The van der Waals surface area contributed by atoms with Crippen molar-refractivity contribution in [1.29, 1.82) is 5.26 Å². The van der Waals surface area contributed by atoms with Gasteiger partial charge in [-0.2, -0.15) is 5.26 Å². The number of nitrogens with two attached hydrogens (primary N) is 1. The predicted molar refractivity (Wildman–Crippen MR) is 127 cm³/mol. The molecular weight excluding hydrogens is 436 g/mol. The van der Waals surface area contributed by atoms with E-state index in [2.05, 4.69) is 6.07 Å². The lowest BCUT2D eigenvalue weighted by atomic mass is 9.83. The molecule has 0 unspecified atom stereocenters. The third-order valence-corrected chi connectivity index (χ3v) is 5.99. The summed E-state index contributed by atoms with van der Waals surface area (Å²) in [5.74, 6) is 0.617. The zero-order chi connectivity index (χ0) is 23.4. The molecule has 4 rings (SSSR count). The lowest BCUT2D eigenvalue weighted by Gasteiger charge is -2.26. The van der Waals surface area contributed by atoms with Crippen LogP contribution >= 0.6 is 11.8 Å². The Morgan fingerprint density at radius 2 is 1.79 bits per heavy atom. The molecule has 2 N–H and O–H groups in total. The third-order valence-electron chi connectivity index (χ3n) is 5.25. The van der Waals surface area contributed by atoms with Crippen molar-refractivity contribution in [2.24, 2.45) is 5.73 Å². The van der Waals surface area contributed by atoms with Crippen LogP contribution < -0.4 is 19.9 Å². The van der Waals surface area contributed by atoms with Gasteiger partial charge in [-0.3, -0.25) is 0 Å². The summed E-state index contributed by atoms with van der Waals surface area (Å²) >= 11 is 1.64. The van der Waals surface area contributed by atoms with Crippen LogP contribution in [0.25, 0.3) is 0 Å². The van der Waals surface area contributed by atoms with Crippen LogP contribution in [0.5, 0.6) is 17.2 Å². The molecule has 0 aromatic heterocycles. The fourth-order valence-electron chi connectivity index (χ4n) is 3.66. The van der Waals surface area contributed by atoms with Gasteiger partial charge in [-0.25, -0.2) is 4.79 Å². The number of nitrogens with zero attached hydrogens (tertiary/aromatic N) is 1. The Kier molecular flexibility index (Phi) is 6.57. The molecule has 166 valence electrons. The zero-order valence-electron chi connectivity index (χ0n) is 18.2. The molecule has 0 bridgehead atoms. The van der Waals surface area contributed by atoms with Crippen molar-refractivity contribution in [3.05, 3.63) is 94.9 Å². The SMILES string of the molecule is CCOc1ccc(C(=O)Oc2ccc3c(c2)OC(N)=C(C#N)[C@@H]3c2ccc(SC)cc2)cc1. The minimum atomic E-state index is -0.501. The Morgan fingerprint density at radius 3 is 2.42 bits per heavy atom. The maximum absolute atomic E-state index is 12.6. The highest BCUT2D eigenvalue weighted by molar-refractivity contribution is 7.98. The number of hydrogen-bond donors (Lipinski definition) is 1. The van der Waals surface area contributed by atoms with Crippen molar-refractivity contribution in [1.82, 2.24) is 0 Å². The second-order valence-electron chi connectivity index (χ2n) is 7.24. The highest BCUT2D eigenvalue weighted by Gasteiger charge is 2.31. The normalized spacial score (nSPS) is 14.6. The van der Waals surface area contributed by atoms with Crippen LogP contribution in [0.2, 0.25) is 0 Å². The van der Waals surface area contributed by atoms with Crippen LogP contribution in [0.3, 0.4) is 0 Å². The number of nitriles is 1. The number of benzene rings is 3. The second kappa shape index (κ2) is 9.72. The largest absolute Gasteiger partial charge is 0.494 e. The fraction of sp³-hybridized carbons (Fsp3) is 0.154. The number of fused-ring (bicyclic) bond motifs is 1. The molecule has 7 heteroatoms. The van der Waals surface area contributed by atoms with Crippen molar-refractivity contribution in [3.8, 4) is 23.3 Å². The van der Waals surface area contributed by atoms with Crippen LogP contribution in [0.1, 0.15) is 34.3 Å². The number of allylic oxidation sites excluding steroid dienone is 1. The van der Waals surface area contributed by atoms with E-state index in [0.717, 1.165) is 16.0 Å². The van der Waals surface area contributed by atoms with Crippen LogP contribution in [0.15, 0.2) is 83.1 Å². The van der Waals surface area contributed by atoms with Gasteiger partial charge in [0, 0.05) is 16.5 Å². The molecule has 33 heavy (non-hydrogen) atoms. The van der Waals surface area contributed by atoms with Gasteiger partial charge in [0.25, 0.3) is 0 Å². The molecule has 3 aromatic rings. The van der Waals surface area contributed by atoms with Crippen molar-refractivity contribution < 1.29 is 19.0 Å². The maximum atomic E-state index is 12.6. The van der Waals surface area contributed by atoms with Gasteiger partial charge < -0.3 is 19.9 Å². The number of carbonyl (C=O) groups is 1. The van der Waals surface area contributed by atoms with E-state index in [9.17, 15) is 10.1 Å². The summed E-state index contributed by atoms with van der Waals surface area (Å²) < 4.78 is 16.7. The first kappa shape index (κ1) is 22.3. The Labute approximate surface area is 196 Å². The second-order valence-corrected chi connectivity index (χ2v) is 8.12. The number of esters is 1. The molecule has 0 radical (unpaired) electrons. The fourth-order valence-corrected chi connectivity index (χ4v) is 4.07. The predicted octanol–water partition coefficient (Wildman–Crippen LogP) is 5.24. The molecule has 0 amide bonds. The Hall–Kier alpha value is -3.89. The van der Waals surface area contributed by atoms with Crippen molar-refractivity contribution in [2.45, 2.75) is 17.7 Å². The van der Waals surface area contributed by atoms with Gasteiger partial charge in [-0.1, -0.05) is 18.2 Å². The van der Waals surface area contributed by atoms with Gasteiger partial charge in [0.2, 0.25) is 5.88 Å². The van der Waals surface area contributed by atoms with Crippen molar-refractivity contribution in [2.75, 3.05) is 12.9 Å². The van der Waals surface area contributed by atoms with E-state index in [0.29, 0.717) is 35.0 Å². The Morgan fingerprint density at radius 1 is 1.09 bits per heavy atom. The standard InChI is InChI=1S/C26H22N2O4S/c1-3-30-18-8-4-17(5-9-18)26(29)31-19-10-13-21-23(14-19)32-25(28)22(15-27)24(21)16-6-11-20(33-2)12-7-16/h4-14,24H,3,28H2,1-2H3/t24-/m1/s1. The quantitative estimate of drug-likeness (QED) is 0.306. The minimum Gasteiger partial charge on any atom is -0.494 e. The highest BCUT2D eigenvalue weighted by atomic mass is 32.2. The molecular formula is C26H22N2O4S. The minimum absolute atomic E-state index is 0.0407. The molecule has 3 aromatic carbocycles. The van der Waals surface area contributed by atoms with Gasteiger partial charge in [-0.05, 0) is 61.2 Å². The van der Waals surface area contributed by atoms with Gasteiger partial charge >= 0.3 is 5.97 Å². The van der Waals surface area contributed by atoms with Crippen LogP contribution in [-0.4, -0.2) is 18.8 Å². The molecule has 1 atom stereocenters. The molecule has 1 aliphatic rings. The van der Waals surface area contributed by atoms with Gasteiger partial charge in [-0.15, -0.1) is 11.8 Å².